The predicted octanol–water partition coefficient (Wildman–Crippen LogP) is -12.6. The number of rotatable bonds is 6. The van der Waals surface area contributed by atoms with Gasteiger partial charge in [-0.1, -0.05) is 0 Å². The van der Waals surface area contributed by atoms with Gasteiger partial charge in [0.2, 0.25) is 5.79 Å². The van der Waals surface area contributed by atoms with Gasteiger partial charge in [0.25, 0.3) is 0 Å². The molecule has 0 amide bonds. The Labute approximate surface area is 378 Å². The van der Waals surface area contributed by atoms with Crippen molar-refractivity contribution in [2.45, 2.75) is 110 Å². The second-order valence-corrected chi connectivity index (χ2v) is 14.8. The Hall–Kier alpha value is -3.27. The van der Waals surface area contributed by atoms with Gasteiger partial charge >= 0.3 is 0 Å². The maximum atomic E-state index is 10.8. The summed E-state index contributed by atoms with van der Waals surface area (Å²) in [6, 6.07) is 0. The van der Waals surface area contributed by atoms with Gasteiger partial charge in [0.15, 0.2) is 34.6 Å². The highest BCUT2D eigenvalue weighted by molar-refractivity contribution is 5.88. The molecule has 22 N–H and O–H groups in total. The summed E-state index contributed by atoms with van der Waals surface area (Å²) < 4.78 is 28.3. The Balaban J connectivity index is 0.000000402. The number of aliphatic hydroxyl groups is 22. The van der Waals surface area contributed by atoms with Crippen LogP contribution in [-0.2, 0) is 42.8 Å². The standard InChI is InChI=1S/C6H12O6.5C6H10O5/c7-1-3-4(8)5(9)6(10,11)2-12-3;5*7-1-4-6(10)5(9)3(8)2-11-4/h3-5,7-11H,1-2H2;4,6-10H,1-2H2;4-7,9-10H,1-2H2;2*3-4,6-8,10H,1-2H2;2,4-10H,1H2/t3?,4-,5-;4?,6-;4?,5-,6+;2*3?,4?,6-;4?,5-,6+/m110110/s1. The van der Waals surface area contributed by atoms with Crippen molar-refractivity contribution in [3.05, 3.63) is 23.5 Å². The van der Waals surface area contributed by atoms with Gasteiger partial charge in [0, 0.05) is 0 Å². The quantitative estimate of drug-likeness (QED) is 0.110. The van der Waals surface area contributed by atoms with Gasteiger partial charge in [-0.2, -0.15) is 0 Å². The lowest BCUT2D eigenvalue weighted by Crippen LogP contribution is -2.61. The van der Waals surface area contributed by atoms with E-state index in [1.807, 2.05) is 0 Å². The van der Waals surface area contributed by atoms with Crippen molar-refractivity contribution >= 4 is 17.3 Å². The molecule has 0 saturated carbocycles. The van der Waals surface area contributed by atoms with Crippen molar-refractivity contribution in [2.24, 2.45) is 0 Å². The van der Waals surface area contributed by atoms with Crippen molar-refractivity contribution in [2.75, 3.05) is 72.7 Å². The zero-order valence-corrected chi connectivity index (χ0v) is 35.2. The maximum absolute atomic E-state index is 10.8. The second kappa shape index (κ2) is 29.7. The lowest BCUT2D eigenvalue weighted by molar-refractivity contribution is -0.319. The lowest BCUT2D eigenvalue weighted by Gasteiger charge is -2.39. The average Bonchev–Trinajstić information content (AvgIpc) is 3.31. The van der Waals surface area contributed by atoms with E-state index in [0.29, 0.717) is 0 Å². The number of ketones is 3. The van der Waals surface area contributed by atoms with Crippen LogP contribution in [0.1, 0.15) is 0 Å². The first-order valence-electron chi connectivity index (χ1n) is 19.7. The summed E-state index contributed by atoms with van der Waals surface area (Å²) in [6.07, 6.45) is -19.6. The van der Waals surface area contributed by atoms with E-state index in [1.165, 1.54) is 0 Å². The van der Waals surface area contributed by atoms with Crippen molar-refractivity contribution in [1.82, 2.24) is 0 Å². The third-order valence-electron chi connectivity index (χ3n) is 9.86. The highest BCUT2D eigenvalue weighted by Gasteiger charge is 2.47. The fourth-order valence-electron chi connectivity index (χ4n) is 5.51. The van der Waals surface area contributed by atoms with Crippen LogP contribution in [0.4, 0.5) is 0 Å². The molecule has 0 aromatic carbocycles. The molecule has 392 valence electrons. The minimum Gasteiger partial charge on any atom is -0.506 e. The third kappa shape index (κ3) is 17.9. The molecule has 8 unspecified atom stereocenters. The van der Waals surface area contributed by atoms with Crippen molar-refractivity contribution in [3.8, 4) is 0 Å². The fraction of sp³-hybridized carbons (Fsp3) is 0.806. The molecular formula is C36H62O31. The van der Waals surface area contributed by atoms with Crippen LogP contribution in [0.3, 0.4) is 0 Å². The summed E-state index contributed by atoms with van der Waals surface area (Å²) in [5.41, 5.74) is 0. The van der Waals surface area contributed by atoms with Gasteiger partial charge in [-0.05, 0) is 0 Å². The van der Waals surface area contributed by atoms with Gasteiger partial charge in [-0.15, -0.1) is 0 Å². The normalized spacial score (nSPS) is 38.2. The Morgan fingerprint density at radius 1 is 0.478 bits per heavy atom. The smallest absolute Gasteiger partial charge is 0.216 e. The van der Waals surface area contributed by atoms with E-state index in [-0.39, 0.29) is 32.2 Å². The largest absolute Gasteiger partial charge is 0.506 e. The molecule has 67 heavy (non-hydrogen) atoms. The first-order chi connectivity index (χ1) is 31.3. The Bertz CT molecular complexity index is 1510. The number of hydrogen-bond donors (Lipinski definition) is 22. The number of carbonyl (C=O) groups is 3. The first-order valence-corrected chi connectivity index (χ1v) is 19.7. The van der Waals surface area contributed by atoms with E-state index in [1.54, 1.807) is 0 Å². The van der Waals surface area contributed by atoms with Crippen LogP contribution in [-0.4, -0.2) is 312 Å². The van der Waals surface area contributed by atoms with Crippen LogP contribution in [0.2, 0.25) is 0 Å². The van der Waals surface area contributed by atoms with Gasteiger partial charge in [-0.25, -0.2) is 0 Å². The minimum atomic E-state index is -2.44. The van der Waals surface area contributed by atoms with Crippen molar-refractivity contribution < 1.29 is 155 Å². The molecular weight excluding hydrogens is 928 g/mol. The molecule has 4 fully saturated rings. The van der Waals surface area contributed by atoms with E-state index in [9.17, 15) is 14.4 Å². The molecule has 0 aromatic rings. The molecule has 0 aromatic heterocycles. The first kappa shape index (κ1) is 61.7. The summed E-state index contributed by atoms with van der Waals surface area (Å²) in [7, 11) is 0. The third-order valence-corrected chi connectivity index (χ3v) is 9.86. The topological polar surface area (TPSA) is 552 Å². The number of carbonyl (C=O) groups excluding carboxylic acids is 3. The predicted molar refractivity (Wildman–Crippen MR) is 207 cm³/mol. The molecule has 4 saturated heterocycles. The molecule has 0 spiro atoms. The summed E-state index contributed by atoms with van der Waals surface area (Å²) in [5, 5.41) is 195. The van der Waals surface area contributed by atoms with E-state index in [0.717, 1.165) is 6.26 Å². The Morgan fingerprint density at radius 3 is 1.33 bits per heavy atom. The van der Waals surface area contributed by atoms with E-state index >= 15 is 0 Å². The monoisotopic (exact) mass is 990 g/mol. The fourth-order valence-corrected chi connectivity index (χ4v) is 5.51. The molecule has 6 aliphatic rings. The molecule has 17 atom stereocenters. The molecule has 0 bridgehead atoms. The lowest BCUT2D eigenvalue weighted by atomic mass is 9.98. The van der Waals surface area contributed by atoms with E-state index in [4.69, 9.17) is 131 Å². The van der Waals surface area contributed by atoms with Crippen LogP contribution in [0.5, 0.6) is 0 Å². The van der Waals surface area contributed by atoms with Crippen LogP contribution in [0.15, 0.2) is 23.5 Å². The van der Waals surface area contributed by atoms with Crippen LogP contribution < -0.4 is 0 Å². The molecule has 31 nitrogen and oxygen atoms in total. The van der Waals surface area contributed by atoms with Gasteiger partial charge in [-0.3, -0.25) is 14.4 Å². The zero-order valence-electron chi connectivity index (χ0n) is 35.2. The van der Waals surface area contributed by atoms with Crippen LogP contribution >= 0.6 is 0 Å². The summed E-state index contributed by atoms with van der Waals surface area (Å²) in [4.78, 5) is 32.3. The molecule has 31 heteroatoms. The van der Waals surface area contributed by atoms with Crippen LogP contribution in [0, 0.1) is 0 Å². The summed E-state index contributed by atoms with van der Waals surface area (Å²) >= 11 is 0. The Kier molecular flexibility index (Phi) is 27.4. The highest BCUT2D eigenvalue weighted by atomic mass is 16.6. The van der Waals surface area contributed by atoms with Crippen LogP contribution in [0.25, 0.3) is 0 Å². The van der Waals surface area contributed by atoms with E-state index in [2.05, 4.69) is 9.47 Å². The number of aliphatic hydroxyl groups excluding tert-OH is 20. The van der Waals surface area contributed by atoms with E-state index < -0.39 is 185 Å². The molecule has 0 aliphatic carbocycles. The minimum absolute atomic E-state index is 0.152. The van der Waals surface area contributed by atoms with Crippen molar-refractivity contribution in [3.63, 3.8) is 0 Å². The van der Waals surface area contributed by atoms with Gasteiger partial charge < -0.3 is 141 Å². The number of ether oxygens (including phenoxy) is 6. The maximum Gasteiger partial charge on any atom is 0.216 e. The van der Waals surface area contributed by atoms with Gasteiger partial charge in [0.1, 0.15) is 130 Å². The second-order valence-electron chi connectivity index (χ2n) is 14.8. The molecule has 6 rings (SSSR count). The molecule has 0 radical (unpaired) electrons. The average molecular weight is 991 g/mol. The van der Waals surface area contributed by atoms with Gasteiger partial charge in [0.05, 0.1) is 52.9 Å². The number of Topliss-reactive ketones (excluding diaryl/α,β-unsaturated/α-hetero) is 3. The SMILES string of the molecule is O=C1C(O)COC(CO)[C@H]1O.O=C1C(O)COC(CO)[C@H]1O.O=C1COC(CO)[C@@H](O)[C@H]1O.OCC1OC=C(O)[C@H](O)[C@@H]1O.OCC1OCC(O)(O)[C@H](O)[C@@H]1O.OCC1OCC(O)=C(O)[C@@H]1O. The Morgan fingerprint density at radius 2 is 0.881 bits per heavy atom. The van der Waals surface area contributed by atoms with Crippen molar-refractivity contribution in [1.29, 1.82) is 0 Å². The zero-order chi connectivity index (χ0) is 51.5. The molecule has 6 aliphatic heterocycles. The molecule has 6 heterocycles. The number of hydrogen-bond acceptors (Lipinski definition) is 31. The highest BCUT2D eigenvalue weighted by Crippen LogP contribution is 2.22. The summed E-state index contributed by atoms with van der Waals surface area (Å²) in [6.45, 7) is -3.75. The summed E-state index contributed by atoms with van der Waals surface area (Å²) in [5.74, 6) is -5.70.